The van der Waals surface area contributed by atoms with E-state index in [0.29, 0.717) is 30.6 Å². The lowest BCUT2D eigenvalue weighted by molar-refractivity contribution is -0.128. The van der Waals surface area contributed by atoms with Gasteiger partial charge < -0.3 is 19.4 Å². The molecule has 3 aromatic rings. The molecule has 0 aliphatic carbocycles. The third kappa shape index (κ3) is 4.71. The maximum Gasteiger partial charge on any atom is 0.263 e. The van der Waals surface area contributed by atoms with Crippen LogP contribution in [0.2, 0.25) is 0 Å². The number of benzene rings is 2. The second-order valence-electron chi connectivity index (χ2n) is 7.84. The van der Waals surface area contributed by atoms with Gasteiger partial charge >= 0.3 is 0 Å². The number of amides is 1. The molecule has 1 unspecified atom stereocenters. The van der Waals surface area contributed by atoms with Crippen molar-refractivity contribution in [3.8, 4) is 17.2 Å². The molecule has 1 atom stereocenters. The van der Waals surface area contributed by atoms with Gasteiger partial charge in [-0.05, 0) is 44.0 Å². The predicted molar refractivity (Wildman–Crippen MR) is 119 cm³/mol. The van der Waals surface area contributed by atoms with Crippen molar-refractivity contribution >= 4 is 11.6 Å². The highest BCUT2D eigenvalue weighted by molar-refractivity contribution is 5.83. The minimum absolute atomic E-state index is 0.0981. The third-order valence-corrected chi connectivity index (χ3v) is 5.58. The highest BCUT2D eigenvalue weighted by Gasteiger charge is 2.32. The van der Waals surface area contributed by atoms with Crippen LogP contribution in [0.3, 0.4) is 0 Å². The lowest BCUT2D eigenvalue weighted by Crippen LogP contribution is -2.51. The fourth-order valence-corrected chi connectivity index (χ4v) is 3.67. The van der Waals surface area contributed by atoms with Gasteiger partial charge in [0.25, 0.3) is 5.91 Å². The highest BCUT2D eigenvalue weighted by atomic mass is 16.5. The molecule has 2 heterocycles. The van der Waals surface area contributed by atoms with Crippen LogP contribution >= 0.6 is 0 Å². The molecule has 162 valence electrons. The molecule has 1 amide bonds. The predicted octanol–water partition coefficient (Wildman–Crippen LogP) is 4.12. The van der Waals surface area contributed by atoms with Gasteiger partial charge in [-0.1, -0.05) is 43.7 Å². The van der Waals surface area contributed by atoms with Crippen molar-refractivity contribution in [2.75, 3.05) is 11.4 Å². The lowest BCUT2D eigenvalue weighted by atomic mass is 10.1. The topological polar surface area (TPSA) is 80.5 Å². The van der Waals surface area contributed by atoms with Crippen LogP contribution in [0.4, 0.5) is 5.69 Å². The summed E-state index contributed by atoms with van der Waals surface area (Å²) in [4.78, 5) is 14.9. The first-order valence-corrected chi connectivity index (χ1v) is 10.8. The molecule has 1 N–H and O–H groups in total. The van der Waals surface area contributed by atoms with Crippen LogP contribution in [0.1, 0.15) is 38.1 Å². The van der Waals surface area contributed by atoms with Crippen LogP contribution in [-0.4, -0.2) is 34.8 Å². The number of ether oxygens (including phenoxy) is 1. The van der Waals surface area contributed by atoms with Crippen molar-refractivity contribution in [3.05, 3.63) is 60.0 Å². The number of carbonyl (C=O) groups is 1. The van der Waals surface area contributed by atoms with Gasteiger partial charge in [0.2, 0.25) is 11.8 Å². The Labute approximate surface area is 182 Å². The Hall–Kier alpha value is -3.35. The van der Waals surface area contributed by atoms with Crippen molar-refractivity contribution in [1.82, 2.24) is 15.5 Å². The summed E-state index contributed by atoms with van der Waals surface area (Å²) < 4.78 is 11.9. The Morgan fingerprint density at radius 2 is 1.87 bits per heavy atom. The van der Waals surface area contributed by atoms with Gasteiger partial charge in [0.1, 0.15) is 5.75 Å². The van der Waals surface area contributed by atoms with Crippen LogP contribution in [-0.2, 0) is 11.3 Å². The third-order valence-electron chi connectivity index (χ3n) is 5.58. The molecule has 1 aliphatic heterocycles. The quantitative estimate of drug-likeness (QED) is 0.619. The number of nitrogens with zero attached hydrogens (tertiary/aromatic N) is 3. The molecule has 0 bridgehead atoms. The van der Waals surface area contributed by atoms with Crippen LogP contribution in [0.15, 0.2) is 52.9 Å². The van der Waals surface area contributed by atoms with Gasteiger partial charge in [-0.15, -0.1) is 10.2 Å². The van der Waals surface area contributed by atoms with Gasteiger partial charge in [0, 0.05) is 11.6 Å². The van der Waals surface area contributed by atoms with E-state index in [1.165, 1.54) is 5.56 Å². The monoisotopic (exact) mass is 420 g/mol. The summed E-state index contributed by atoms with van der Waals surface area (Å²) in [6.07, 6.45) is 1.17. The number of para-hydroxylation sites is 2. The smallest absolute Gasteiger partial charge is 0.263 e. The van der Waals surface area contributed by atoms with E-state index in [1.807, 2.05) is 55.5 Å². The summed E-state index contributed by atoms with van der Waals surface area (Å²) in [7, 11) is 0. The molecule has 0 spiro atoms. The number of aromatic nitrogens is 2. The van der Waals surface area contributed by atoms with Crippen LogP contribution in [0.5, 0.6) is 5.75 Å². The lowest BCUT2D eigenvalue weighted by Gasteiger charge is -2.35. The molecule has 7 heteroatoms. The van der Waals surface area contributed by atoms with E-state index in [0.717, 1.165) is 24.1 Å². The van der Waals surface area contributed by atoms with E-state index in [2.05, 4.69) is 34.3 Å². The molecule has 0 fully saturated rings. The van der Waals surface area contributed by atoms with Gasteiger partial charge in [-0.3, -0.25) is 4.79 Å². The van der Waals surface area contributed by atoms with Crippen LogP contribution in [0, 0.1) is 6.92 Å². The number of nitrogens with one attached hydrogen (secondary N) is 1. The number of rotatable bonds is 7. The molecule has 2 aromatic carbocycles. The first kappa shape index (κ1) is 20.9. The molecule has 0 saturated heterocycles. The summed E-state index contributed by atoms with van der Waals surface area (Å²) in [6.45, 7) is 6.98. The minimum atomic E-state index is -0.602. The number of fused-ring (bicyclic) bond motifs is 1. The van der Waals surface area contributed by atoms with Gasteiger partial charge in [-0.25, -0.2) is 0 Å². The van der Waals surface area contributed by atoms with Crippen molar-refractivity contribution in [2.24, 2.45) is 0 Å². The second-order valence-corrected chi connectivity index (χ2v) is 7.84. The van der Waals surface area contributed by atoms with Gasteiger partial charge in [0.05, 0.1) is 18.8 Å². The average molecular weight is 421 g/mol. The maximum atomic E-state index is 12.8. The SMILES string of the molecule is CCC(CC)NC(=O)C1CN(Cc2nnc(-c3ccc(C)cc3)o2)c2ccccc2O1. The molecule has 0 saturated carbocycles. The largest absolute Gasteiger partial charge is 0.477 e. The van der Waals surface area contributed by atoms with E-state index >= 15 is 0 Å². The molecular weight excluding hydrogens is 392 g/mol. The standard InChI is InChI=1S/C24H28N4O3/c1-4-18(5-2)25-23(29)21-14-28(19-8-6-7-9-20(19)30-21)15-22-26-27-24(31-22)17-12-10-16(3)11-13-17/h6-13,18,21H,4-5,14-15H2,1-3H3,(H,25,29). The Morgan fingerprint density at radius 3 is 2.61 bits per heavy atom. The van der Waals surface area contributed by atoms with E-state index in [9.17, 15) is 4.79 Å². The second kappa shape index (κ2) is 9.20. The summed E-state index contributed by atoms with van der Waals surface area (Å²) in [5.74, 6) is 1.56. The Kier molecular flexibility index (Phi) is 6.21. The number of hydrogen-bond donors (Lipinski definition) is 1. The maximum absolute atomic E-state index is 12.8. The van der Waals surface area contributed by atoms with Gasteiger partial charge in [-0.2, -0.15) is 0 Å². The molecular formula is C24H28N4O3. The molecule has 1 aliphatic rings. The zero-order valence-corrected chi connectivity index (χ0v) is 18.2. The van der Waals surface area contributed by atoms with Crippen molar-refractivity contribution in [3.63, 3.8) is 0 Å². The molecule has 0 radical (unpaired) electrons. The summed E-state index contributed by atoms with van der Waals surface area (Å²) in [6, 6.07) is 15.8. The molecule has 7 nitrogen and oxygen atoms in total. The van der Waals surface area contributed by atoms with Crippen molar-refractivity contribution < 1.29 is 13.9 Å². The fraction of sp³-hybridized carbons (Fsp3) is 0.375. The molecule has 1 aromatic heterocycles. The Bertz CT molecular complexity index is 1030. The summed E-state index contributed by atoms with van der Waals surface area (Å²) >= 11 is 0. The Balaban J connectivity index is 1.53. The zero-order valence-electron chi connectivity index (χ0n) is 18.2. The zero-order chi connectivity index (χ0) is 21.8. The minimum Gasteiger partial charge on any atom is -0.477 e. The normalized spacial score (nSPS) is 15.5. The van der Waals surface area contributed by atoms with E-state index in [1.54, 1.807) is 0 Å². The summed E-state index contributed by atoms with van der Waals surface area (Å²) in [5, 5.41) is 11.5. The number of aryl methyl sites for hydroxylation is 1. The fourth-order valence-electron chi connectivity index (χ4n) is 3.67. The number of carbonyl (C=O) groups excluding carboxylic acids is 1. The summed E-state index contributed by atoms with van der Waals surface area (Å²) in [5.41, 5.74) is 2.96. The molecule has 31 heavy (non-hydrogen) atoms. The van der Waals surface area contributed by atoms with E-state index in [4.69, 9.17) is 9.15 Å². The highest BCUT2D eigenvalue weighted by Crippen LogP contribution is 2.34. The van der Waals surface area contributed by atoms with E-state index in [-0.39, 0.29) is 11.9 Å². The number of hydrogen-bond acceptors (Lipinski definition) is 6. The van der Waals surface area contributed by atoms with Gasteiger partial charge in [0.15, 0.2) is 6.10 Å². The average Bonchev–Trinajstić information content (AvgIpc) is 3.26. The first-order chi connectivity index (χ1) is 15.1. The van der Waals surface area contributed by atoms with Crippen LogP contribution in [0.25, 0.3) is 11.5 Å². The van der Waals surface area contributed by atoms with Crippen molar-refractivity contribution in [2.45, 2.75) is 52.3 Å². The van der Waals surface area contributed by atoms with Crippen molar-refractivity contribution in [1.29, 1.82) is 0 Å². The van der Waals surface area contributed by atoms with Crippen LogP contribution < -0.4 is 15.0 Å². The number of anilines is 1. The Morgan fingerprint density at radius 1 is 1.13 bits per heavy atom. The van der Waals surface area contributed by atoms with E-state index < -0.39 is 6.10 Å². The first-order valence-electron chi connectivity index (χ1n) is 10.8. The molecule has 4 rings (SSSR count).